The van der Waals surface area contributed by atoms with Crippen LogP contribution in [0.15, 0.2) is 4.99 Å². The van der Waals surface area contributed by atoms with Gasteiger partial charge in [-0.05, 0) is 80.5 Å². The second-order valence-electron chi connectivity index (χ2n) is 10.9. The molecule has 2 aliphatic heterocycles. The van der Waals surface area contributed by atoms with Crippen LogP contribution in [0.2, 0.25) is 0 Å². The molecule has 4 nitrogen and oxygen atoms in total. The van der Waals surface area contributed by atoms with Crippen molar-refractivity contribution in [3.63, 3.8) is 0 Å². The van der Waals surface area contributed by atoms with Crippen LogP contribution in [0.1, 0.15) is 65.2 Å². The SMILES string of the molecule is CC12CCC(O)CC1CCC1C2CCC2(C)C1CC1SC3=NCCN3C12O. The van der Waals surface area contributed by atoms with Crippen LogP contribution in [0, 0.1) is 34.5 Å². The lowest BCUT2D eigenvalue weighted by molar-refractivity contribution is -0.191. The highest BCUT2D eigenvalue weighted by Gasteiger charge is 2.73. The van der Waals surface area contributed by atoms with Gasteiger partial charge in [0.15, 0.2) is 10.9 Å². The van der Waals surface area contributed by atoms with E-state index in [0.29, 0.717) is 22.5 Å². The number of hydrogen-bond donors (Lipinski definition) is 2. The van der Waals surface area contributed by atoms with Crippen molar-refractivity contribution in [3.05, 3.63) is 0 Å². The van der Waals surface area contributed by atoms with Gasteiger partial charge in [-0.2, -0.15) is 0 Å². The third-order valence-electron chi connectivity index (χ3n) is 10.2. The standard InChI is InChI=1S/C22H34N2O2S/c1-20-7-5-14(25)11-13(20)3-4-15-16(20)6-8-21(2)17(15)12-18-22(21,26)24-10-9-23-19(24)27-18/h13-18,25-26H,3-12H2,1-2H3. The molecule has 27 heavy (non-hydrogen) atoms. The minimum Gasteiger partial charge on any atom is -0.393 e. The molecule has 5 heteroatoms. The fourth-order valence-corrected chi connectivity index (χ4v) is 10.4. The fraction of sp³-hybridized carbons (Fsp3) is 0.955. The summed E-state index contributed by atoms with van der Waals surface area (Å²) in [5.41, 5.74) is -0.259. The zero-order valence-electron chi connectivity index (χ0n) is 16.7. The molecule has 0 aromatic carbocycles. The minimum absolute atomic E-state index is 0.00478. The predicted octanol–water partition coefficient (Wildman–Crippen LogP) is 3.48. The van der Waals surface area contributed by atoms with Crippen molar-refractivity contribution in [3.8, 4) is 0 Å². The van der Waals surface area contributed by atoms with Crippen LogP contribution in [-0.4, -0.2) is 50.4 Å². The average Bonchev–Trinajstić information content (AvgIpc) is 3.26. The third kappa shape index (κ3) is 1.97. The molecule has 5 fully saturated rings. The van der Waals surface area contributed by atoms with Crippen molar-refractivity contribution >= 4 is 16.9 Å². The Labute approximate surface area is 167 Å². The number of rotatable bonds is 0. The van der Waals surface area contributed by atoms with E-state index in [1.54, 1.807) is 0 Å². The molecular formula is C22H34N2O2S. The fourth-order valence-electron chi connectivity index (χ4n) is 8.79. The van der Waals surface area contributed by atoms with Crippen LogP contribution in [0.25, 0.3) is 0 Å². The second kappa shape index (κ2) is 5.46. The molecule has 0 aromatic rings. The van der Waals surface area contributed by atoms with E-state index in [-0.39, 0.29) is 11.5 Å². The molecule has 6 rings (SSSR count). The van der Waals surface area contributed by atoms with E-state index >= 15 is 0 Å². The summed E-state index contributed by atoms with van der Waals surface area (Å²) in [5.74, 6) is 2.91. The number of aliphatic hydroxyl groups excluding tert-OH is 1. The Morgan fingerprint density at radius 1 is 1.07 bits per heavy atom. The molecule has 4 saturated carbocycles. The molecule has 0 radical (unpaired) electrons. The van der Waals surface area contributed by atoms with E-state index in [2.05, 4.69) is 23.7 Å². The minimum atomic E-state index is -0.677. The third-order valence-corrected chi connectivity index (χ3v) is 11.6. The Bertz CT molecular complexity index is 700. The average molecular weight is 391 g/mol. The largest absolute Gasteiger partial charge is 0.393 e. The van der Waals surface area contributed by atoms with E-state index < -0.39 is 5.72 Å². The lowest BCUT2D eigenvalue weighted by atomic mass is 9.44. The molecule has 9 atom stereocenters. The molecule has 1 saturated heterocycles. The number of amidine groups is 1. The first-order valence-electron chi connectivity index (χ1n) is 11.3. The van der Waals surface area contributed by atoms with Crippen LogP contribution >= 0.6 is 11.8 Å². The summed E-state index contributed by atoms with van der Waals surface area (Å²) in [5, 5.41) is 23.7. The van der Waals surface area contributed by atoms with E-state index in [4.69, 9.17) is 0 Å². The van der Waals surface area contributed by atoms with E-state index in [9.17, 15) is 10.2 Å². The first kappa shape index (κ1) is 17.6. The van der Waals surface area contributed by atoms with Gasteiger partial charge in [0.1, 0.15) is 0 Å². The highest BCUT2D eigenvalue weighted by Crippen LogP contribution is 2.71. The Kier molecular flexibility index (Phi) is 3.55. The Morgan fingerprint density at radius 3 is 2.78 bits per heavy atom. The number of thioether (sulfide) groups is 1. The molecule has 150 valence electrons. The van der Waals surface area contributed by atoms with Gasteiger partial charge in [0.05, 0.1) is 17.9 Å². The van der Waals surface area contributed by atoms with Crippen molar-refractivity contribution in [2.24, 2.45) is 39.5 Å². The van der Waals surface area contributed by atoms with E-state index in [1.807, 2.05) is 11.8 Å². The summed E-state index contributed by atoms with van der Waals surface area (Å²) in [4.78, 5) is 6.95. The van der Waals surface area contributed by atoms with Crippen LogP contribution < -0.4 is 0 Å². The lowest BCUT2D eigenvalue weighted by Gasteiger charge is -2.62. The number of nitrogens with zero attached hydrogens (tertiary/aromatic N) is 2. The molecule has 6 aliphatic rings. The van der Waals surface area contributed by atoms with Crippen LogP contribution in [-0.2, 0) is 0 Å². The van der Waals surface area contributed by atoms with Gasteiger partial charge in [-0.25, -0.2) is 0 Å². The summed E-state index contributed by atoms with van der Waals surface area (Å²) in [6.07, 6.45) is 9.34. The summed E-state index contributed by atoms with van der Waals surface area (Å²) < 4.78 is 0. The first-order chi connectivity index (χ1) is 12.9. The summed E-state index contributed by atoms with van der Waals surface area (Å²) in [6.45, 7) is 6.72. The van der Waals surface area contributed by atoms with Gasteiger partial charge in [0.25, 0.3) is 0 Å². The molecular weight excluding hydrogens is 356 g/mol. The van der Waals surface area contributed by atoms with Crippen molar-refractivity contribution in [2.75, 3.05) is 13.1 Å². The highest BCUT2D eigenvalue weighted by molar-refractivity contribution is 8.14. The van der Waals surface area contributed by atoms with Crippen molar-refractivity contribution in [1.82, 2.24) is 4.90 Å². The van der Waals surface area contributed by atoms with Crippen LogP contribution in [0.4, 0.5) is 0 Å². The monoisotopic (exact) mass is 390 g/mol. The molecule has 2 N–H and O–H groups in total. The molecule has 0 aromatic heterocycles. The second-order valence-corrected chi connectivity index (χ2v) is 12.1. The van der Waals surface area contributed by atoms with Crippen molar-refractivity contribution in [2.45, 2.75) is 82.3 Å². The van der Waals surface area contributed by atoms with Gasteiger partial charge in [0, 0.05) is 12.0 Å². The smallest absolute Gasteiger partial charge is 0.162 e. The lowest BCUT2D eigenvalue weighted by Crippen LogP contribution is -2.62. The van der Waals surface area contributed by atoms with Gasteiger partial charge in [-0.15, -0.1) is 0 Å². The Balaban J connectivity index is 1.35. The summed E-state index contributed by atoms with van der Waals surface area (Å²) in [6, 6.07) is 0. The molecule has 0 amide bonds. The van der Waals surface area contributed by atoms with E-state index in [0.717, 1.165) is 55.8 Å². The first-order valence-corrected chi connectivity index (χ1v) is 12.1. The molecule has 0 spiro atoms. The number of aliphatic imine (C=N–C) groups is 1. The maximum Gasteiger partial charge on any atom is 0.162 e. The summed E-state index contributed by atoms with van der Waals surface area (Å²) in [7, 11) is 0. The van der Waals surface area contributed by atoms with Crippen LogP contribution in [0.3, 0.4) is 0 Å². The number of hydrogen-bond acceptors (Lipinski definition) is 5. The highest BCUT2D eigenvalue weighted by atomic mass is 32.2. The Hall–Kier alpha value is -0.260. The van der Waals surface area contributed by atoms with Crippen molar-refractivity contribution in [1.29, 1.82) is 0 Å². The molecule has 9 unspecified atom stereocenters. The molecule has 0 bridgehead atoms. The van der Waals surface area contributed by atoms with E-state index in [1.165, 1.54) is 25.7 Å². The maximum absolute atomic E-state index is 12.1. The molecule has 2 heterocycles. The van der Waals surface area contributed by atoms with Gasteiger partial charge < -0.3 is 15.1 Å². The van der Waals surface area contributed by atoms with Gasteiger partial charge in [-0.1, -0.05) is 25.6 Å². The van der Waals surface area contributed by atoms with Gasteiger partial charge in [0.2, 0.25) is 0 Å². The maximum atomic E-state index is 12.1. The summed E-state index contributed by atoms with van der Waals surface area (Å²) >= 11 is 1.87. The predicted molar refractivity (Wildman–Crippen MR) is 108 cm³/mol. The van der Waals surface area contributed by atoms with Gasteiger partial charge >= 0.3 is 0 Å². The topological polar surface area (TPSA) is 56.1 Å². The normalized spacial score (nSPS) is 58.8. The van der Waals surface area contributed by atoms with Crippen molar-refractivity contribution < 1.29 is 10.2 Å². The Morgan fingerprint density at radius 2 is 1.93 bits per heavy atom. The quantitative estimate of drug-likeness (QED) is 0.665. The van der Waals surface area contributed by atoms with Crippen LogP contribution in [0.5, 0.6) is 0 Å². The zero-order valence-corrected chi connectivity index (χ0v) is 17.5. The zero-order chi connectivity index (χ0) is 18.6. The molecule has 4 aliphatic carbocycles. The number of fused-ring (bicyclic) bond motifs is 9. The van der Waals surface area contributed by atoms with Gasteiger partial charge in [-0.3, -0.25) is 4.99 Å². The number of aliphatic hydroxyl groups is 2.